The lowest BCUT2D eigenvalue weighted by Gasteiger charge is -2.34. The molecule has 0 radical (unpaired) electrons. The van der Waals surface area contributed by atoms with Crippen molar-refractivity contribution < 1.29 is 0 Å². The number of hydrogen-bond acceptors (Lipinski definition) is 0. The number of aromatic nitrogens is 2. The van der Waals surface area contributed by atoms with Crippen molar-refractivity contribution in [2.75, 3.05) is 0 Å². The number of benzene rings is 8. The number of hydrogen-bond donors (Lipinski definition) is 0. The molecular formula is C48H34N2Si. The number of para-hydroxylation sites is 4. The maximum absolute atomic E-state index is 2.87. The highest BCUT2D eigenvalue weighted by atomic mass is 28.3. The fraction of sp³-hybridized carbons (Fsp3) is 0. The van der Waals surface area contributed by atoms with E-state index in [0.29, 0.717) is 0 Å². The van der Waals surface area contributed by atoms with E-state index in [1.54, 1.807) is 0 Å². The second-order valence-electron chi connectivity index (χ2n) is 13.3. The fourth-order valence-electron chi connectivity index (χ4n) is 8.50. The molecule has 0 saturated carbocycles. The Balaban J connectivity index is 1.32. The zero-order valence-electron chi connectivity index (χ0n) is 28.0. The molecule has 0 fully saturated rings. The van der Waals surface area contributed by atoms with Gasteiger partial charge in [-0.2, -0.15) is 0 Å². The molecular weight excluding hydrogens is 633 g/mol. The van der Waals surface area contributed by atoms with Crippen LogP contribution in [-0.4, -0.2) is 17.2 Å². The Labute approximate surface area is 298 Å². The highest BCUT2D eigenvalue weighted by molar-refractivity contribution is 7.20. The molecule has 2 heterocycles. The number of nitrogens with zero attached hydrogens (tertiary/aromatic N) is 2. The van der Waals surface area contributed by atoms with E-state index in [9.17, 15) is 0 Å². The average Bonchev–Trinajstić information content (AvgIpc) is 3.72. The minimum atomic E-state index is -2.87. The zero-order chi connectivity index (χ0) is 33.8. The van der Waals surface area contributed by atoms with Crippen LogP contribution < -0.4 is 20.7 Å². The third kappa shape index (κ3) is 4.49. The molecule has 0 aliphatic heterocycles. The molecule has 51 heavy (non-hydrogen) atoms. The molecule has 2 nitrogen and oxygen atoms in total. The van der Waals surface area contributed by atoms with Crippen molar-refractivity contribution in [3.05, 3.63) is 206 Å². The van der Waals surface area contributed by atoms with E-state index in [0.717, 1.165) is 0 Å². The predicted octanol–water partition coefficient (Wildman–Crippen LogP) is 9.26. The summed E-state index contributed by atoms with van der Waals surface area (Å²) in [5.74, 6) is 0. The van der Waals surface area contributed by atoms with Gasteiger partial charge in [-0.25, -0.2) is 0 Å². The lowest BCUT2D eigenvalue weighted by Crippen LogP contribution is -2.74. The Bertz CT molecular complexity index is 2640. The topological polar surface area (TPSA) is 9.86 Å². The van der Waals surface area contributed by atoms with Crippen molar-refractivity contribution >= 4 is 72.4 Å². The summed E-state index contributed by atoms with van der Waals surface area (Å²) >= 11 is 0. The second-order valence-corrected chi connectivity index (χ2v) is 17.1. The first-order valence-electron chi connectivity index (χ1n) is 17.6. The van der Waals surface area contributed by atoms with Crippen molar-refractivity contribution in [3.63, 3.8) is 0 Å². The van der Waals surface area contributed by atoms with Gasteiger partial charge in [0.05, 0.1) is 22.1 Å². The number of rotatable bonds is 6. The van der Waals surface area contributed by atoms with Crippen LogP contribution in [0.4, 0.5) is 0 Å². The van der Waals surface area contributed by atoms with Gasteiger partial charge in [0.15, 0.2) is 8.07 Å². The minimum Gasteiger partial charge on any atom is -0.309 e. The maximum atomic E-state index is 2.51. The summed E-state index contributed by atoms with van der Waals surface area (Å²) in [6.45, 7) is 0. The van der Waals surface area contributed by atoms with E-state index in [1.165, 1.54) is 75.7 Å². The van der Waals surface area contributed by atoms with E-state index >= 15 is 0 Å². The quantitative estimate of drug-likeness (QED) is 0.124. The Morgan fingerprint density at radius 2 is 0.588 bits per heavy atom. The van der Waals surface area contributed by atoms with Crippen molar-refractivity contribution in [2.45, 2.75) is 0 Å². The van der Waals surface area contributed by atoms with Crippen LogP contribution in [0, 0.1) is 0 Å². The van der Waals surface area contributed by atoms with Gasteiger partial charge >= 0.3 is 0 Å². The van der Waals surface area contributed by atoms with Crippen molar-refractivity contribution in [1.82, 2.24) is 9.13 Å². The molecule has 10 rings (SSSR count). The lowest BCUT2D eigenvalue weighted by molar-refractivity contribution is 1.18. The van der Waals surface area contributed by atoms with Crippen LogP contribution in [0.5, 0.6) is 0 Å². The van der Waals surface area contributed by atoms with Crippen LogP contribution in [0.1, 0.15) is 0 Å². The Morgan fingerprint density at radius 1 is 0.255 bits per heavy atom. The highest BCUT2D eigenvalue weighted by Crippen LogP contribution is 2.34. The van der Waals surface area contributed by atoms with E-state index in [2.05, 4.69) is 215 Å². The van der Waals surface area contributed by atoms with Crippen LogP contribution in [0.25, 0.3) is 55.0 Å². The van der Waals surface area contributed by atoms with Gasteiger partial charge < -0.3 is 9.13 Å². The normalized spacial score (nSPS) is 11.9. The van der Waals surface area contributed by atoms with Crippen LogP contribution in [0.3, 0.4) is 0 Å². The molecule has 3 heteroatoms. The van der Waals surface area contributed by atoms with Crippen LogP contribution in [-0.2, 0) is 0 Å². The fourth-order valence-corrected chi connectivity index (χ4v) is 13.3. The number of fused-ring (bicyclic) bond motifs is 6. The summed E-state index contributed by atoms with van der Waals surface area (Å²) in [5, 5.41) is 10.6. The summed E-state index contributed by atoms with van der Waals surface area (Å²) in [7, 11) is -2.87. The molecule has 0 bridgehead atoms. The molecule has 0 saturated heterocycles. The van der Waals surface area contributed by atoms with Gasteiger partial charge in [-0.15, -0.1) is 0 Å². The molecule has 8 aromatic carbocycles. The van der Waals surface area contributed by atoms with E-state index in [-0.39, 0.29) is 0 Å². The first-order chi connectivity index (χ1) is 25.3. The van der Waals surface area contributed by atoms with E-state index in [4.69, 9.17) is 0 Å². The van der Waals surface area contributed by atoms with E-state index < -0.39 is 8.07 Å². The molecule has 0 N–H and O–H groups in total. The molecule has 10 aromatic rings. The van der Waals surface area contributed by atoms with Crippen LogP contribution >= 0.6 is 0 Å². The second kappa shape index (κ2) is 11.9. The summed E-state index contributed by atoms with van der Waals surface area (Å²) in [5.41, 5.74) is 7.22. The third-order valence-corrected chi connectivity index (χ3v) is 15.4. The Morgan fingerprint density at radius 3 is 1.00 bits per heavy atom. The van der Waals surface area contributed by atoms with Crippen LogP contribution in [0.2, 0.25) is 0 Å². The smallest absolute Gasteiger partial charge is 0.179 e. The summed E-state index contributed by atoms with van der Waals surface area (Å²) in [6.07, 6.45) is 0. The van der Waals surface area contributed by atoms with Gasteiger partial charge in [0.1, 0.15) is 0 Å². The molecule has 0 unspecified atom stereocenters. The summed E-state index contributed by atoms with van der Waals surface area (Å²) in [4.78, 5) is 0. The van der Waals surface area contributed by atoms with Gasteiger partial charge in [-0.05, 0) is 69.3 Å². The Hall–Kier alpha value is -6.42. The molecule has 0 atom stereocenters. The predicted molar refractivity (Wildman–Crippen MR) is 219 cm³/mol. The molecule has 0 aliphatic carbocycles. The highest BCUT2D eigenvalue weighted by Gasteiger charge is 2.42. The minimum absolute atomic E-state index is 1.17. The molecule has 0 amide bonds. The van der Waals surface area contributed by atoms with Crippen molar-refractivity contribution in [3.8, 4) is 11.4 Å². The SMILES string of the molecule is c1ccc(-n2c3ccccc3c3cc([Si](c4ccccc4)(c4ccccc4)c4ccc5c(c4)c4ccccc4n5-c4ccccc4)ccc32)cc1. The molecule has 0 spiro atoms. The van der Waals surface area contributed by atoms with Gasteiger partial charge in [0.25, 0.3) is 0 Å². The average molecular weight is 667 g/mol. The van der Waals surface area contributed by atoms with Gasteiger partial charge in [0.2, 0.25) is 0 Å². The monoisotopic (exact) mass is 666 g/mol. The summed E-state index contributed by atoms with van der Waals surface area (Å²) in [6, 6.07) is 76.3. The molecule has 240 valence electrons. The third-order valence-electron chi connectivity index (χ3n) is 10.7. The van der Waals surface area contributed by atoms with Crippen LogP contribution in [0.15, 0.2) is 206 Å². The van der Waals surface area contributed by atoms with Crippen molar-refractivity contribution in [2.24, 2.45) is 0 Å². The summed E-state index contributed by atoms with van der Waals surface area (Å²) < 4.78 is 4.82. The maximum Gasteiger partial charge on any atom is 0.179 e. The molecule has 0 aliphatic rings. The molecule has 2 aromatic heterocycles. The zero-order valence-corrected chi connectivity index (χ0v) is 29.0. The largest absolute Gasteiger partial charge is 0.309 e. The van der Waals surface area contributed by atoms with Gasteiger partial charge in [-0.3, -0.25) is 0 Å². The van der Waals surface area contributed by atoms with Gasteiger partial charge in [0, 0.05) is 32.9 Å². The lowest BCUT2D eigenvalue weighted by atomic mass is 10.1. The standard InChI is InChI=1S/C48H34N2Si/c1-5-17-35(18-6-1)49-45-27-15-13-25-41(45)43-33-39(29-31-47(43)49)51(37-21-9-3-10-22-37,38-23-11-4-12-24-38)40-30-32-48-44(34-40)42-26-14-16-28-46(42)50(48)36-19-7-2-8-20-36/h1-34H. The first kappa shape index (κ1) is 29.5. The van der Waals surface area contributed by atoms with Gasteiger partial charge in [-0.1, -0.05) is 158 Å². The first-order valence-corrected chi connectivity index (χ1v) is 19.6. The van der Waals surface area contributed by atoms with Crippen molar-refractivity contribution in [1.29, 1.82) is 0 Å². The Kier molecular flexibility index (Phi) is 6.86. The van der Waals surface area contributed by atoms with E-state index in [1.807, 2.05) is 0 Å².